The molecule has 3 fully saturated rings. The zero-order valence-corrected chi connectivity index (χ0v) is 19.3. The number of piperazine rings is 1. The van der Waals surface area contributed by atoms with Gasteiger partial charge in [0.05, 0.1) is 40.4 Å². The van der Waals surface area contributed by atoms with Gasteiger partial charge in [-0.15, -0.1) is 0 Å². The van der Waals surface area contributed by atoms with E-state index in [4.69, 9.17) is 0 Å². The van der Waals surface area contributed by atoms with Crippen LogP contribution < -0.4 is 0 Å². The number of esters is 2. The summed E-state index contributed by atoms with van der Waals surface area (Å²) in [6, 6.07) is 0. The van der Waals surface area contributed by atoms with E-state index < -0.39 is 44.7 Å². The van der Waals surface area contributed by atoms with Crippen molar-refractivity contribution in [3.05, 3.63) is 0 Å². The minimum atomic E-state index is -0.765. The average molecular weight is 489 g/mol. The molecule has 14 heteroatoms. The molecule has 32 heavy (non-hydrogen) atoms. The van der Waals surface area contributed by atoms with Crippen LogP contribution in [-0.4, -0.2) is 118 Å². The van der Waals surface area contributed by atoms with Crippen LogP contribution in [0.2, 0.25) is 0 Å². The average Bonchev–Trinajstić information content (AvgIpc) is 3.18. The van der Waals surface area contributed by atoms with Crippen LogP contribution in [0, 0.1) is 0 Å². The number of hydrogen-bond donors (Lipinski definition) is 0. The molecular weight excluding hydrogens is 464 g/mol. The van der Waals surface area contributed by atoms with Crippen LogP contribution in [0.25, 0.3) is 0 Å². The van der Waals surface area contributed by atoms with Gasteiger partial charge in [0, 0.05) is 26.2 Å². The topological polar surface area (TPSA) is 134 Å². The molecule has 3 heterocycles. The first-order valence-corrected chi connectivity index (χ1v) is 11.6. The quantitative estimate of drug-likeness (QED) is 0.418. The highest BCUT2D eigenvalue weighted by Crippen LogP contribution is 2.31. The summed E-state index contributed by atoms with van der Waals surface area (Å²) in [6.45, 7) is 2.34. The zero-order chi connectivity index (χ0) is 23.4. The number of ether oxygens (including phenoxy) is 2. The molecule has 0 unspecified atom stereocenters. The fraction of sp³-hybridized carbons (Fsp3) is 0.667. The highest BCUT2D eigenvalue weighted by molar-refractivity contribution is 8.15. The molecule has 0 N–H and O–H groups in total. The number of carbonyl (C=O) groups is 6. The minimum Gasteiger partial charge on any atom is -0.469 e. The van der Waals surface area contributed by atoms with Crippen molar-refractivity contribution in [3.63, 3.8) is 0 Å². The van der Waals surface area contributed by atoms with Crippen molar-refractivity contribution in [2.75, 3.05) is 53.7 Å². The molecule has 3 rings (SSSR count). The van der Waals surface area contributed by atoms with Crippen molar-refractivity contribution in [1.82, 2.24) is 19.6 Å². The Morgan fingerprint density at radius 3 is 1.41 bits per heavy atom. The molecule has 3 aliphatic rings. The third-order valence-electron chi connectivity index (χ3n) is 5.32. The van der Waals surface area contributed by atoms with Gasteiger partial charge in [-0.1, -0.05) is 23.5 Å². The highest BCUT2D eigenvalue weighted by Gasteiger charge is 2.43. The van der Waals surface area contributed by atoms with Gasteiger partial charge in [0.25, 0.3) is 10.5 Å². The van der Waals surface area contributed by atoms with Gasteiger partial charge in [-0.3, -0.25) is 48.4 Å². The van der Waals surface area contributed by atoms with E-state index in [1.807, 2.05) is 9.80 Å². The third-order valence-corrected chi connectivity index (χ3v) is 7.47. The lowest BCUT2D eigenvalue weighted by Crippen LogP contribution is -2.53. The predicted octanol–water partition coefficient (Wildman–Crippen LogP) is -0.227. The van der Waals surface area contributed by atoms with E-state index in [1.54, 1.807) is 0 Å². The van der Waals surface area contributed by atoms with Gasteiger partial charge < -0.3 is 9.47 Å². The number of amides is 4. The van der Waals surface area contributed by atoms with E-state index in [0.717, 1.165) is 33.3 Å². The molecule has 0 spiro atoms. The Bertz CT molecular complexity index is 751. The molecule has 0 aromatic rings. The Morgan fingerprint density at radius 1 is 0.750 bits per heavy atom. The number of methoxy groups -OCH3 is 2. The first kappa shape index (κ1) is 24.5. The van der Waals surface area contributed by atoms with Crippen LogP contribution in [-0.2, 0) is 28.7 Å². The fourth-order valence-corrected chi connectivity index (χ4v) is 5.39. The molecule has 3 aliphatic heterocycles. The van der Waals surface area contributed by atoms with Gasteiger partial charge in [0.15, 0.2) is 0 Å². The molecule has 0 saturated carbocycles. The molecule has 0 aliphatic carbocycles. The number of hydrogen-bond acceptors (Lipinski definition) is 12. The van der Waals surface area contributed by atoms with Crippen molar-refractivity contribution in [2.45, 2.75) is 23.3 Å². The summed E-state index contributed by atoms with van der Waals surface area (Å²) in [6.07, 6.45) is -0.300. The lowest BCUT2D eigenvalue weighted by atomic mass is 10.2. The van der Waals surface area contributed by atoms with E-state index in [2.05, 4.69) is 9.47 Å². The number of carbonyl (C=O) groups excluding carboxylic acids is 6. The van der Waals surface area contributed by atoms with Crippen molar-refractivity contribution in [1.29, 1.82) is 0 Å². The Kier molecular flexibility index (Phi) is 8.14. The maximum atomic E-state index is 12.5. The van der Waals surface area contributed by atoms with Crippen LogP contribution in [0.3, 0.4) is 0 Å². The second kappa shape index (κ2) is 10.6. The maximum absolute atomic E-state index is 12.5. The summed E-state index contributed by atoms with van der Waals surface area (Å²) in [5, 5.41) is -2.32. The third kappa shape index (κ3) is 5.60. The van der Waals surface area contributed by atoms with Crippen molar-refractivity contribution >= 4 is 57.8 Å². The summed E-state index contributed by atoms with van der Waals surface area (Å²) < 4.78 is 9.13. The standard InChI is InChI=1S/C18H24N4O8S2/c1-29-13(23)7-11-15(25)21(17(27)31-11)9-19-3-5-20(6-4-19)10-22-16(26)12(32-18(22)28)8-14(24)30-2/h11-12H,3-10H2,1-2H3/t11-,12+. The van der Waals surface area contributed by atoms with Crippen molar-refractivity contribution in [2.24, 2.45) is 0 Å². The molecular formula is C18H24N4O8S2. The van der Waals surface area contributed by atoms with Crippen LogP contribution in [0.1, 0.15) is 12.8 Å². The van der Waals surface area contributed by atoms with Crippen molar-refractivity contribution in [3.8, 4) is 0 Å². The first-order chi connectivity index (χ1) is 15.2. The normalized spacial score (nSPS) is 25.1. The summed E-state index contributed by atoms with van der Waals surface area (Å²) in [7, 11) is 2.46. The molecule has 3 saturated heterocycles. The fourth-order valence-electron chi connectivity index (χ4n) is 3.45. The summed E-state index contributed by atoms with van der Waals surface area (Å²) in [5.41, 5.74) is 0. The lowest BCUT2D eigenvalue weighted by Gasteiger charge is -2.37. The Hall–Kier alpha value is -2.16. The van der Waals surface area contributed by atoms with Gasteiger partial charge in [-0.05, 0) is 0 Å². The lowest BCUT2D eigenvalue weighted by molar-refractivity contribution is -0.143. The largest absolute Gasteiger partial charge is 0.469 e. The van der Waals surface area contributed by atoms with E-state index in [-0.39, 0.29) is 26.2 Å². The Morgan fingerprint density at radius 2 is 1.09 bits per heavy atom. The number of thioether (sulfide) groups is 2. The van der Waals surface area contributed by atoms with Crippen LogP contribution in [0.4, 0.5) is 9.59 Å². The van der Waals surface area contributed by atoms with Crippen LogP contribution in [0.5, 0.6) is 0 Å². The molecule has 0 aromatic heterocycles. The van der Waals surface area contributed by atoms with E-state index >= 15 is 0 Å². The van der Waals surface area contributed by atoms with Gasteiger partial charge in [-0.25, -0.2) is 0 Å². The molecule has 176 valence electrons. The second-order valence-electron chi connectivity index (χ2n) is 7.36. The molecule has 12 nitrogen and oxygen atoms in total. The molecule has 4 amide bonds. The Balaban J connectivity index is 1.46. The number of imide groups is 2. The molecule has 2 atom stereocenters. The summed E-state index contributed by atoms with van der Waals surface area (Å²) >= 11 is 1.65. The van der Waals surface area contributed by atoms with Crippen LogP contribution in [0.15, 0.2) is 0 Å². The van der Waals surface area contributed by atoms with Crippen molar-refractivity contribution < 1.29 is 38.2 Å². The SMILES string of the molecule is COC(=O)C[C@@H]1SC(=O)N(CN2CCN(CN3C(=O)S[C@H](CC(=O)OC)C3=O)CC2)C1=O. The number of rotatable bonds is 8. The summed E-state index contributed by atoms with van der Waals surface area (Å²) in [4.78, 5) is 78.3. The van der Waals surface area contributed by atoms with Gasteiger partial charge in [-0.2, -0.15) is 0 Å². The second-order valence-corrected chi connectivity index (χ2v) is 9.66. The van der Waals surface area contributed by atoms with E-state index in [1.165, 1.54) is 14.2 Å². The molecule has 0 bridgehead atoms. The Labute approximate surface area is 192 Å². The predicted molar refractivity (Wildman–Crippen MR) is 113 cm³/mol. The van der Waals surface area contributed by atoms with Crippen LogP contribution >= 0.6 is 23.5 Å². The smallest absolute Gasteiger partial charge is 0.307 e. The van der Waals surface area contributed by atoms with E-state index in [9.17, 15) is 28.8 Å². The molecule has 0 aromatic carbocycles. The van der Waals surface area contributed by atoms with Gasteiger partial charge in [0.1, 0.15) is 10.5 Å². The van der Waals surface area contributed by atoms with Gasteiger partial charge in [0.2, 0.25) is 11.8 Å². The number of nitrogens with zero attached hydrogens (tertiary/aromatic N) is 4. The molecule has 0 radical (unpaired) electrons. The zero-order valence-electron chi connectivity index (χ0n) is 17.7. The monoisotopic (exact) mass is 488 g/mol. The van der Waals surface area contributed by atoms with Gasteiger partial charge >= 0.3 is 11.9 Å². The van der Waals surface area contributed by atoms with E-state index in [0.29, 0.717) is 26.2 Å². The summed E-state index contributed by atoms with van der Waals surface area (Å²) in [5.74, 6) is -1.90. The minimum absolute atomic E-state index is 0.120. The maximum Gasteiger partial charge on any atom is 0.307 e. The first-order valence-electron chi connectivity index (χ1n) is 9.85. The highest BCUT2D eigenvalue weighted by atomic mass is 32.2.